The number of hydrogen-bond acceptors (Lipinski definition) is 3. The van der Waals surface area contributed by atoms with Crippen LogP contribution in [0.15, 0.2) is 42.5 Å². The van der Waals surface area contributed by atoms with Crippen molar-refractivity contribution in [1.82, 2.24) is 0 Å². The highest BCUT2D eigenvalue weighted by Crippen LogP contribution is 2.25. The van der Waals surface area contributed by atoms with Gasteiger partial charge < -0.3 is 15.2 Å². The maximum atomic E-state index is 12.1. The number of para-hydroxylation sites is 1. The van der Waals surface area contributed by atoms with E-state index in [1.54, 1.807) is 38.1 Å². The van der Waals surface area contributed by atoms with Crippen LogP contribution in [0.4, 0.5) is 5.69 Å². The number of nitrogens with one attached hydrogen (secondary N) is 1. The SMILES string of the molecule is Cc1cccc(C)c1OCC(=O)Nc1ccc(C(C)(C)C(=O)O)cc1. The molecule has 2 rings (SSSR count). The first-order valence-corrected chi connectivity index (χ1v) is 8.04. The quantitative estimate of drug-likeness (QED) is 0.840. The molecule has 5 heteroatoms. The summed E-state index contributed by atoms with van der Waals surface area (Å²) in [6, 6.07) is 12.6. The largest absolute Gasteiger partial charge is 0.483 e. The first-order valence-electron chi connectivity index (χ1n) is 8.04. The summed E-state index contributed by atoms with van der Waals surface area (Å²) in [7, 11) is 0. The highest BCUT2D eigenvalue weighted by Gasteiger charge is 2.29. The minimum atomic E-state index is -0.978. The van der Waals surface area contributed by atoms with Gasteiger partial charge in [-0.3, -0.25) is 9.59 Å². The summed E-state index contributed by atoms with van der Waals surface area (Å²) in [5.41, 5.74) is 2.25. The standard InChI is InChI=1S/C20H23NO4/c1-13-6-5-7-14(2)18(13)25-12-17(22)21-16-10-8-15(9-11-16)20(3,4)19(23)24/h5-11H,12H2,1-4H3,(H,21,22)(H,23,24). The molecule has 0 atom stereocenters. The highest BCUT2D eigenvalue weighted by atomic mass is 16.5. The lowest BCUT2D eigenvalue weighted by Crippen LogP contribution is -2.28. The number of carbonyl (C=O) groups is 2. The van der Waals surface area contributed by atoms with E-state index < -0.39 is 11.4 Å². The lowest BCUT2D eigenvalue weighted by molar-refractivity contribution is -0.142. The number of carbonyl (C=O) groups excluding carboxylic acids is 1. The van der Waals surface area contributed by atoms with Gasteiger partial charge in [0.1, 0.15) is 5.75 Å². The van der Waals surface area contributed by atoms with E-state index in [1.807, 2.05) is 32.0 Å². The van der Waals surface area contributed by atoms with E-state index in [0.29, 0.717) is 11.3 Å². The van der Waals surface area contributed by atoms with Crippen LogP contribution in [-0.2, 0) is 15.0 Å². The number of aryl methyl sites for hydroxylation is 2. The first-order chi connectivity index (χ1) is 11.7. The van der Waals surface area contributed by atoms with Gasteiger partial charge in [0.2, 0.25) is 0 Å². The molecular weight excluding hydrogens is 318 g/mol. The minimum absolute atomic E-state index is 0.0892. The van der Waals surface area contributed by atoms with Crippen LogP contribution in [0.5, 0.6) is 5.75 Å². The molecule has 0 aliphatic carbocycles. The number of ether oxygens (including phenoxy) is 1. The van der Waals surface area contributed by atoms with E-state index in [9.17, 15) is 14.7 Å². The molecule has 0 aromatic heterocycles. The molecule has 0 saturated heterocycles. The molecule has 0 aliphatic rings. The zero-order valence-corrected chi connectivity index (χ0v) is 14.9. The van der Waals surface area contributed by atoms with Crippen molar-refractivity contribution in [3.8, 4) is 5.75 Å². The number of aliphatic carboxylic acids is 1. The summed E-state index contributed by atoms with van der Waals surface area (Å²) in [6.45, 7) is 7.06. The van der Waals surface area contributed by atoms with Crippen LogP contribution in [0, 0.1) is 13.8 Å². The Hall–Kier alpha value is -2.82. The van der Waals surface area contributed by atoms with Crippen LogP contribution in [-0.4, -0.2) is 23.6 Å². The summed E-state index contributed by atoms with van der Waals surface area (Å²) in [6.07, 6.45) is 0. The second-order valence-electron chi connectivity index (χ2n) is 6.57. The number of benzene rings is 2. The zero-order chi connectivity index (χ0) is 18.6. The van der Waals surface area contributed by atoms with Crippen molar-refractivity contribution in [3.63, 3.8) is 0 Å². The molecule has 1 amide bonds. The lowest BCUT2D eigenvalue weighted by Gasteiger charge is -2.20. The number of amides is 1. The molecule has 0 radical (unpaired) electrons. The maximum Gasteiger partial charge on any atom is 0.313 e. The Kier molecular flexibility index (Phi) is 5.47. The van der Waals surface area contributed by atoms with Crippen molar-refractivity contribution >= 4 is 17.6 Å². The van der Waals surface area contributed by atoms with E-state index >= 15 is 0 Å². The Morgan fingerprint density at radius 3 is 2.12 bits per heavy atom. The van der Waals surface area contributed by atoms with E-state index in [1.165, 1.54) is 0 Å². The molecule has 0 heterocycles. The second kappa shape index (κ2) is 7.38. The van der Waals surface area contributed by atoms with Gasteiger partial charge in [0, 0.05) is 5.69 Å². The predicted octanol–water partition coefficient (Wildman–Crippen LogP) is 3.68. The maximum absolute atomic E-state index is 12.1. The summed E-state index contributed by atoms with van der Waals surface area (Å²) >= 11 is 0. The van der Waals surface area contributed by atoms with Gasteiger partial charge in [0.15, 0.2) is 6.61 Å². The van der Waals surface area contributed by atoms with Gasteiger partial charge in [-0.05, 0) is 56.5 Å². The van der Waals surface area contributed by atoms with Gasteiger partial charge in [-0.2, -0.15) is 0 Å². The molecule has 132 valence electrons. The van der Waals surface area contributed by atoms with Crippen LogP contribution in [0.1, 0.15) is 30.5 Å². The smallest absolute Gasteiger partial charge is 0.313 e. The van der Waals surface area contributed by atoms with Crippen molar-refractivity contribution in [2.24, 2.45) is 0 Å². The Balaban J connectivity index is 1.98. The third-order valence-electron chi connectivity index (χ3n) is 4.18. The number of carboxylic acids is 1. The summed E-state index contributed by atoms with van der Waals surface area (Å²) in [5.74, 6) is -0.449. The molecule has 0 unspecified atom stereocenters. The number of rotatable bonds is 6. The molecule has 2 N–H and O–H groups in total. The third kappa shape index (κ3) is 4.38. The van der Waals surface area contributed by atoms with E-state index in [4.69, 9.17) is 4.74 Å². The molecular formula is C20H23NO4. The number of anilines is 1. The Labute approximate surface area is 147 Å². The second-order valence-corrected chi connectivity index (χ2v) is 6.57. The normalized spacial score (nSPS) is 11.0. The average molecular weight is 341 g/mol. The first kappa shape index (κ1) is 18.5. The fourth-order valence-electron chi connectivity index (χ4n) is 2.46. The highest BCUT2D eigenvalue weighted by molar-refractivity contribution is 5.92. The topological polar surface area (TPSA) is 75.6 Å². The van der Waals surface area contributed by atoms with Gasteiger partial charge in [0.25, 0.3) is 5.91 Å². The third-order valence-corrected chi connectivity index (χ3v) is 4.18. The van der Waals surface area contributed by atoms with Gasteiger partial charge >= 0.3 is 5.97 Å². The molecule has 0 saturated carbocycles. The van der Waals surface area contributed by atoms with Crippen LogP contribution in [0.2, 0.25) is 0 Å². The van der Waals surface area contributed by atoms with Crippen LogP contribution in [0.25, 0.3) is 0 Å². The van der Waals surface area contributed by atoms with E-state index in [-0.39, 0.29) is 12.5 Å². The number of hydrogen-bond donors (Lipinski definition) is 2. The molecule has 2 aromatic rings. The minimum Gasteiger partial charge on any atom is -0.483 e. The zero-order valence-electron chi connectivity index (χ0n) is 14.9. The molecule has 0 bridgehead atoms. The Bertz CT molecular complexity index is 759. The summed E-state index contributed by atoms with van der Waals surface area (Å²) in [5, 5.41) is 12.0. The fourth-order valence-corrected chi connectivity index (χ4v) is 2.46. The van der Waals surface area contributed by atoms with Crippen molar-refractivity contribution in [1.29, 1.82) is 0 Å². The summed E-state index contributed by atoms with van der Waals surface area (Å²) in [4.78, 5) is 23.3. The van der Waals surface area contributed by atoms with E-state index in [0.717, 1.165) is 16.9 Å². The van der Waals surface area contributed by atoms with Crippen molar-refractivity contribution in [3.05, 3.63) is 59.2 Å². The van der Waals surface area contributed by atoms with Gasteiger partial charge in [-0.25, -0.2) is 0 Å². The Morgan fingerprint density at radius 2 is 1.60 bits per heavy atom. The molecule has 0 spiro atoms. The van der Waals surface area contributed by atoms with Crippen molar-refractivity contribution in [2.75, 3.05) is 11.9 Å². The molecule has 25 heavy (non-hydrogen) atoms. The molecule has 2 aromatic carbocycles. The Morgan fingerprint density at radius 1 is 1.04 bits per heavy atom. The van der Waals surface area contributed by atoms with Gasteiger partial charge in [-0.1, -0.05) is 30.3 Å². The van der Waals surface area contributed by atoms with Gasteiger partial charge in [0.05, 0.1) is 5.41 Å². The van der Waals surface area contributed by atoms with Gasteiger partial charge in [-0.15, -0.1) is 0 Å². The predicted molar refractivity (Wildman–Crippen MR) is 97.1 cm³/mol. The molecule has 5 nitrogen and oxygen atoms in total. The van der Waals surface area contributed by atoms with Crippen LogP contribution in [0.3, 0.4) is 0 Å². The van der Waals surface area contributed by atoms with Crippen molar-refractivity contribution < 1.29 is 19.4 Å². The van der Waals surface area contributed by atoms with E-state index in [2.05, 4.69) is 5.32 Å². The van der Waals surface area contributed by atoms with Crippen molar-refractivity contribution in [2.45, 2.75) is 33.1 Å². The molecule has 0 fully saturated rings. The summed E-state index contributed by atoms with van der Waals surface area (Å²) < 4.78 is 5.62. The fraction of sp³-hybridized carbons (Fsp3) is 0.300. The van der Waals surface area contributed by atoms with Crippen LogP contribution >= 0.6 is 0 Å². The monoisotopic (exact) mass is 341 g/mol. The molecule has 0 aliphatic heterocycles. The lowest BCUT2D eigenvalue weighted by atomic mass is 9.85. The average Bonchev–Trinajstić information content (AvgIpc) is 2.54. The number of carboxylic acid groups (broad SMARTS) is 1. The van der Waals surface area contributed by atoms with Crippen LogP contribution < -0.4 is 10.1 Å².